The number of carbonyl (C=O) groups is 1. The van der Waals surface area contributed by atoms with Crippen LogP contribution in [-0.4, -0.2) is 16.7 Å². The van der Waals surface area contributed by atoms with E-state index in [2.05, 4.69) is 29.6 Å². The molecule has 5 nitrogen and oxygen atoms in total. The van der Waals surface area contributed by atoms with Crippen LogP contribution in [0.2, 0.25) is 0 Å². The predicted octanol–water partition coefficient (Wildman–Crippen LogP) is 6.29. The second-order valence-corrected chi connectivity index (χ2v) is 8.48. The number of pyridine rings is 1. The van der Waals surface area contributed by atoms with E-state index in [-0.39, 0.29) is 0 Å². The van der Waals surface area contributed by atoms with Gasteiger partial charge in [-0.1, -0.05) is 36.4 Å². The molecule has 0 aliphatic carbocycles. The van der Waals surface area contributed by atoms with Gasteiger partial charge in [0.2, 0.25) is 0 Å². The summed E-state index contributed by atoms with van der Waals surface area (Å²) in [5.74, 6) is 0.844. The highest BCUT2D eigenvalue weighted by molar-refractivity contribution is 6.01. The first-order valence-electron chi connectivity index (χ1n) is 9.96. The van der Waals surface area contributed by atoms with Gasteiger partial charge in [0.05, 0.1) is 16.8 Å². The largest absolute Gasteiger partial charge is 0.488 e. The molecule has 0 radical (unpaired) electrons. The van der Waals surface area contributed by atoms with Crippen molar-refractivity contribution in [2.24, 2.45) is 0 Å². The molecular formula is C25H22N2O3. The van der Waals surface area contributed by atoms with Gasteiger partial charge in [-0.3, -0.25) is 5.32 Å². The van der Waals surface area contributed by atoms with Gasteiger partial charge in [0.25, 0.3) is 0 Å². The maximum absolute atomic E-state index is 12.1. The van der Waals surface area contributed by atoms with E-state index in [0.29, 0.717) is 12.3 Å². The molecule has 150 valence electrons. The molecule has 5 heteroatoms. The molecule has 1 aliphatic heterocycles. The molecule has 2 heterocycles. The number of carbonyl (C=O) groups excluding carboxylic acids is 1. The first kappa shape index (κ1) is 18.4. The van der Waals surface area contributed by atoms with E-state index < -0.39 is 11.7 Å². The summed E-state index contributed by atoms with van der Waals surface area (Å²) in [4.78, 5) is 17.1. The Balaban J connectivity index is 1.60. The van der Waals surface area contributed by atoms with Crippen molar-refractivity contribution < 1.29 is 14.3 Å². The van der Waals surface area contributed by atoms with Crippen molar-refractivity contribution in [3.05, 3.63) is 66.2 Å². The molecule has 5 rings (SSSR count). The fourth-order valence-corrected chi connectivity index (χ4v) is 3.81. The molecule has 0 atom stereocenters. The van der Waals surface area contributed by atoms with Crippen molar-refractivity contribution in [1.29, 1.82) is 0 Å². The van der Waals surface area contributed by atoms with Gasteiger partial charge in [0.15, 0.2) is 0 Å². The molecule has 1 aliphatic rings. The molecule has 0 saturated heterocycles. The molecule has 0 bridgehead atoms. The monoisotopic (exact) mass is 398 g/mol. The molecule has 30 heavy (non-hydrogen) atoms. The van der Waals surface area contributed by atoms with Gasteiger partial charge in [0, 0.05) is 16.6 Å². The molecule has 1 amide bonds. The number of hydrogen-bond acceptors (Lipinski definition) is 4. The average Bonchev–Trinajstić information content (AvgIpc) is 2.70. The fraction of sp³-hybridized carbons (Fsp3) is 0.200. The number of anilines is 1. The van der Waals surface area contributed by atoms with Gasteiger partial charge >= 0.3 is 6.09 Å². The van der Waals surface area contributed by atoms with Crippen molar-refractivity contribution in [1.82, 2.24) is 4.98 Å². The van der Waals surface area contributed by atoms with Gasteiger partial charge in [-0.05, 0) is 55.8 Å². The zero-order valence-corrected chi connectivity index (χ0v) is 17.2. The maximum Gasteiger partial charge on any atom is 0.412 e. The molecule has 0 unspecified atom stereocenters. The van der Waals surface area contributed by atoms with Crippen LogP contribution in [0.3, 0.4) is 0 Å². The second-order valence-electron chi connectivity index (χ2n) is 8.48. The zero-order valence-electron chi connectivity index (χ0n) is 17.2. The Morgan fingerprint density at radius 1 is 1.03 bits per heavy atom. The van der Waals surface area contributed by atoms with Gasteiger partial charge in [0.1, 0.15) is 18.0 Å². The van der Waals surface area contributed by atoms with Crippen LogP contribution in [0.5, 0.6) is 5.75 Å². The van der Waals surface area contributed by atoms with Gasteiger partial charge in [-0.2, -0.15) is 0 Å². The summed E-state index contributed by atoms with van der Waals surface area (Å²) in [6.07, 6.45) is -0.482. The number of ether oxygens (including phenoxy) is 2. The van der Waals surface area contributed by atoms with Gasteiger partial charge < -0.3 is 9.47 Å². The molecule has 0 fully saturated rings. The van der Waals surface area contributed by atoms with Crippen LogP contribution >= 0.6 is 0 Å². The minimum absolute atomic E-state index is 0.482. The normalized spacial score (nSPS) is 12.8. The Bertz CT molecular complexity index is 1310. The number of nitrogens with zero attached hydrogens (tertiary/aromatic N) is 1. The highest BCUT2D eigenvalue weighted by Crippen LogP contribution is 2.42. The summed E-state index contributed by atoms with van der Waals surface area (Å²) in [7, 11) is 0. The van der Waals surface area contributed by atoms with E-state index in [1.165, 1.54) is 0 Å². The van der Waals surface area contributed by atoms with Crippen molar-refractivity contribution in [2.75, 3.05) is 5.32 Å². The SMILES string of the molecule is CC(C)(C)OC(=O)Nc1ccc2cc3c(nc2c1)-c1c(ccc2ccccc12)OC3. The minimum atomic E-state index is -0.553. The number of aromatic nitrogens is 1. The zero-order chi connectivity index (χ0) is 20.9. The molecule has 1 aromatic heterocycles. The summed E-state index contributed by atoms with van der Waals surface area (Å²) < 4.78 is 11.4. The van der Waals surface area contributed by atoms with E-state index in [9.17, 15) is 4.79 Å². The van der Waals surface area contributed by atoms with E-state index in [0.717, 1.165) is 44.2 Å². The van der Waals surface area contributed by atoms with E-state index in [1.54, 1.807) is 0 Å². The summed E-state index contributed by atoms with van der Waals surface area (Å²) in [6.45, 7) is 6.00. The standard InChI is InChI=1S/C25H22N2O3/c1-25(2,3)30-24(28)26-18-10-8-16-12-17-14-29-21-11-9-15-6-4-5-7-19(15)22(21)23(17)27-20(16)13-18/h4-13H,14H2,1-3H3,(H,26,28). The molecular weight excluding hydrogens is 376 g/mol. The number of hydrogen-bond donors (Lipinski definition) is 1. The Labute approximate surface area is 174 Å². The highest BCUT2D eigenvalue weighted by Gasteiger charge is 2.22. The van der Waals surface area contributed by atoms with Crippen LogP contribution in [0.15, 0.2) is 60.7 Å². The van der Waals surface area contributed by atoms with E-state index in [4.69, 9.17) is 14.5 Å². The van der Waals surface area contributed by atoms with Crippen molar-refractivity contribution in [3.8, 4) is 17.0 Å². The number of amides is 1. The third-order valence-electron chi connectivity index (χ3n) is 5.05. The topological polar surface area (TPSA) is 60.5 Å². The van der Waals surface area contributed by atoms with Crippen LogP contribution in [0.4, 0.5) is 10.5 Å². The average molecular weight is 398 g/mol. The summed E-state index contributed by atoms with van der Waals surface area (Å²) in [5.41, 5.74) is 3.90. The highest BCUT2D eigenvalue weighted by atomic mass is 16.6. The van der Waals surface area contributed by atoms with Crippen LogP contribution in [0.1, 0.15) is 26.3 Å². The van der Waals surface area contributed by atoms with Crippen LogP contribution in [-0.2, 0) is 11.3 Å². The van der Waals surface area contributed by atoms with Crippen LogP contribution in [0, 0.1) is 0 Å². The van der Waals surface area contributed by atoms with Crippen molar-refractivity contribution >= 4 is 33.5 Å². The van der Waals surface area contributed by atoms with Crippen molar-refractivity contribution in [2.45, 2.75) is 33.0 Å². The smallest absolute Gasteiger partial charge is 0.412 e. The first-order valence-corrected chi connectivity index (χ1v) is 9.96. The van der Waals surface area contributed by atoms with Gasteiger partial charge in [-0.25, -0.2) is 9.78 Å². The maximum atomic E-state index is 12.1. The van der Waals surface area contributed by atoms with E-state index >= 15 is 0 Å². The van der Waals surface area contributed by atoms with E-state index in [1.807, 2.05) is 57.2 Å². The lowest BCUT2D eigenvalue weighted by atomic mass is 9.95. The minimum Gasteiger partial charge on any atom is -0.488 e. The Morgan fingerprint density at radius 2 is 1.83 bits per heavy atom. The third-order valence-corrected chi connectivity index (χ3v) is 5.05. The number of rotatable bonds is 1. The Morgan fingerprint density at radius 3 is 2.67 bits per heavy atom. The summed E-state index contributed by atoms with van der Waals surface area (Å²) in [5, 5.41) is 6.05. The number of fused-ring (bicyclic) bond motifs is 6. The van der Waals surface area contributed by atoms with Crippen LogP contribution < -0.4 is 10.1 Å². The number of benzene rings is 3. The van der Waals surface area contributed by atoms with Crippen LogP contribution in [0.25, 0.3) is 32.9 Å². The number of nitrogens with one attached hydrogen (secondary N) is 1. The molecule has 3 aromatic carbocycles. The Hall–Kier alpha value is -3.60. The lowest BCUT2D eigenvalue weighted by molar-refractivity contribution is 0.0636. The Kier molecular flexibility index (Phi) is 4.13. The molecule has 0 spiro atoms. The first-order chi connectivity index (χ1) is 14.4. The van der Waals surface area contributed by atoms with Crippen molar-refractivity contribution in [3.63, 3.8) is 0 Å². The predicted molar refractivity (Wildman–Crippen MR) is 119 cm³/mol. The lowest BCUT2D eigenvalue weighted by Crippen LogP contribution is -2.27. The molecule has 4 aromatic rings. The summed E-state index contributed by atoms with van der Waals surface area (Å²) in [6, 6.07) is 20.1. The van der Waals surface area contributed by atoms with Gasteiger partial charge in [-0.15, -0.1) is 0 Å². The molecule has 0 saturated carbocycles. The molecule has 1 N–H and O–H groups in total. The fourth-order valence-electron chi connectivity index (χ4n) is 3.81. The third kappa shape index (κ3) is 3.32. The quantitative estimate of drug-likeness (QED) is 0.409. The summed E-state index contributed by atoms with van der Waals surface area (Å²) >= 11 is 0. The second kappa shape index (κ2) is 6.73. The lowest BCUT2D eigenvalue weighted by Gasteiger charge is -2.22.